The lowest BCUT2D eigenvalue weighted by molar-refractivity contribution is 0.300. The number of halogens is 5. The van der Waals surface area contributed by atoms with Gasteiger partial charge in [0.25, 0.3) is 0 Å². The van der Waals surface area contributed by atoms with Crippen LogP contribution in [0.3, 0.4) is 0 Å². The minimum atomic E-state index is -5.23. The quantitative estimate of drug-likeness (QED) is 0.616. The Morgan fingerprint density at radius 3 is 2.35 bits per heavy atom. The fraction of sp³-hybridized carbons (Fsp3) is 0.0769. The summed E-state index contributed by atoms with van der Waals surface area (Å²) >= 11 is 0. The molecule has 0 saturated heterocycles. The van der Waals surface area contributed by atoms with Crippen molar-refractivity contribution < 1.29 is 26.5 Å². The lowest BCUT2D eigenvalue weighted by Gasteiger charge is -2.19. The van der Waals surface area contributed by atoms with Gasteiger partial charge in [-0.05, 0) is 24.3 Å². The van der Waals surface area contributed by atoms with Gasteiger partial charge in [0.05, 0.1) is 5.75 Å². The summed E-state index contributed by atoms with van der Waals surface area (Å²) in [6.07, 6.45) is 0. The molecule has 1 nitrogen and oxygen atoms in total. The number of benzene rings is 2. The smallest absolute Gasteiger partial charge is 0.492 e. The van der Waals surface area contributed by atoms with Crippen molar-refractivity contribution in [2.45, 2.75) is 6.61 Å². The Labute approximate surface area is 112 Å². The first kappa shape index (κ1) is 14.4. The molecule has 0 fully saturated rings. The van der Waals surface area contributed by atoms with Crippen LogP contribution in [0.5, 0.6) is 5.75 Å². The minimum Gasteiger partial charge on any atom is -0.492 e. The molecule has 7 heteroatoms. The fourth-order valence-corrected chi connectivity index (χ4v) is 1.69. The molecule has 2 rings (SSSR count). The molecule has 20 heavy (non-hydrogen) atoms. The summed E-state index contributed by atoms with van der Waals surface area (Å²) in [6.45, 7) is -5.71. The second-order valence-electron chi connectivity index (χ2n) is 4.14. The van der Waals surface area contributed by atoms with Gasteiger partial charge in [0.1, 0.15) is 18.2 Å². The van der Waals surface area contributed by atoms with Gasteiger partial charge in [-0.25, -0.2) is 8.78 Å². The zero-order valence-electron chi connectivity index (χ0n) is 10.1. The predicted octanol–water partition coefficient (Wildman–Crippen LogP) is 3.60. The molecule has 0 aliphatic heterocycles. The van der Waals surface area contributed by atoms with Crippen molar-refractivity contribution in [1.82, 2.24) is 0 Å². The Morgan fingerprint density at radius 2 is 1.65 bits per heavy atom. The van der Waals surface area contributed by atoms with Crippen LogP contribution >= 0.6 is 0 Å². The molecule has 106 valence electrons. The molecule has 0 unspecified atom stereocenters. The first-order chi connectivity index (χ1) is 9.38. The molecule has 0 bridgehead atoms. The summed E-state index contributed by atoms with van der Waals surface area (Å²) in [5.41, 5.74) is -1.04. The molecule has 0 atom stereocenters. The molecule has 0 radical (unpaired) electrons. The molecule has 0 amide bonds. The van der Waals surface area contributed by atoms with E-state index in [1.807, 2.05) is 0 Å². The highest BCUT2D eigenvalue weighted by atomic mass is 19.4. The third kappa shape index (κ3) is 3.29. The van der Waals surface area contributed by atoms with Crippen LogP contribution in [-0.2, 0) is 6.61 Å². The van der Waals surface area contributed by atoms with E-state index >= 15 is 0 Å². The molecule has 0 heterocycles. The van der Waals surface area contributed by atoms with Crippen LogP contribution in [0.4, 0.5) is 21.7 Å². The topological polar surface area (TPSA) is 9.23 Å². The zero-order valence-corrected chi connectivity index (χ0v) is 10.1. The Bertz CT molecular complexity index is 612. The normalized spacial score (nSPS) is 11.4. The third-order valence-corrected chi connectivity index (χ3v) is 2.66. The van der Waals surface area contributed by atoms with Crippen LogP contribution in [-0.4, -0.2) is 6.98 Å². The highest BCUT2D eigenvalue weighted by molar-refractivity contribution is 6.74. The van der Waals surface area contributed by atoms with Crippen molar-refractivity contribution in [3.05, 3.63) is 59.7 Å². The summed E-state index contributed by atoms with van der Waals surface area (Å²) < 4.78 is 69.6. The van der Waals surface area contributed by atoms with Crippen LogP contribution in [0, 0.1) is 11.6 Å². The van der Waals surface area contributed by atoms with Gasteiger partial charge in [-0.3, -0.25) is 0 Å². The first-order valence-corrected chi connectivity index (χ1v) is 5.73. The van der Waals surface area contributed by atoms with Crippen molar-refractivity contribution >= 4 is 12.4 Å². The van der Waals surface area contributed by atoms with Crippen molar-refractivity contribution in [3.63, 3.8) is 0 Å². The van der Waals surface area contributed by atoms with Crippen LogP contribution < -0.4 is 10.2 Å². The van der Waals surface area contributed by atoms with E-state index < -0.39 is 36.4 Å². The third-order valence-electron chi connectivity index (χ3n) is 2.66. The van der Waals surface area contributed by atoms with Gasteiger partial charge in [-0.1, -0.05) is 23.7 Å². The van der Waals surface area contributed by atoms with Crippen LogP contribution in [0.2, 0.25) is 0 Å². The highest BCUT2D eigenvalue weighted by Gasteiger charge is 2.28. The lowest BCUT2D eigenvalue weighted by atomic mass is 9.79. The second kappa shape index (κ2) is 5.52. The van der Waals surface area contributed by atoms with Crippen molar-refractivity contribution in [2.75, 3.05) is 0 Å². The van der Waals surface area contributed by atoms with Gasteiger partial charge >= 0.3 is 6.98 Å². The number of hydrogen-bond acceptors (Lipinski definition) is 1. The summed E-state index contributed by atoms with van der Waals surface area (Å²) in [5.74, 6) is -1.82. The molecule has 0 saturated carbocycles. The maximum atomic E-state index is 13.3. The van der Waals surface area contributed by atoms with E-state index in [0.29, 0.717) is 0 Å². The molecule has 0 aliphatic carbocycles. The fourth-order valence-electron chi connectivity index (χ4n) is 1.69. The Balaban J connectivity index is 2.21. The van der Waals surface area contributed by atoms with Gasteiger partial charge < -0.3 is 17.7 Å². The van der Waals surface area contributed by atoms with E-state index in [0.717, 1.165) is 30.3 Å². The number of rotatable bonds is 4. The SMILES string of the molecule is Fc1ccc(F)c(COc2ccccc2[B-](F)(F)F)c1. The van der Waals surface area contributed by atoms with Crippen molar-refractivity contribution in [1.29, 1.82) is 0 Å². The minimum absolute atomic E-state index is 0.144. The van der Waals surface area contributed by atoms with Gasteiger partial charge in [-0.2, -0.15) is 0 Å². The molecule has 0 spiro atoms. The summed E-state index contributed by atoms with van der Waals surface area (Å²) in [5, 5.41) is 0. The van der Waals surface area contributed by atoms with E-state index in [9.17, 15) is 21.7 Å². The Morgan fingerprint density at radius 1 is 0.950 bits per heavy atom. The first-order valence-electron chi connectivity index (χ1n) is 5.73. The van der Waals surface area contributed by atoms with Gasteiger partial charge in [0, 0.05) is 5.56 Å². The molecule has 2 aromatic rings. The van der Waals surface area contributed by atoms with E-state index in [1.165, 1.54) is 12.1 Å². The Hall–Kier alpha value is -2.05. The van der Waals surface area contributed by atoms with Crippen LogP contribution in [0.1, 0.15) is 5.56 Å². The summed E-state index contributed by atoms with van der Waals surface area (Å²) in [7, 11) is 0. The molecule has 0 aliphatic rings. The maximum Gasteiger partial charge on any atom is 0.513 e. The summed E-state index contributed by atoms with van der Waals surface area (Å²) in [6, 6.07) is 7.34. The highest BCUT2D eigenvalue weighted by Crippen LogP contribution is 2.19. The van der Waals surface area contributed by atoms with E-state index in [2.05, 4.69) is 0 Å². The van der Waals surface area contributed by atoms with E-state index in [4.69, 9.17) is 4.74 Å². The number of ether oxygens (including phenoxy) is 1. The number of para-hydroxylation sites is 1. The largest absolute Gasteiger partial charge is 0.513 e. The predicted molar refractivity (Wildman–Crippen MR) is 65.8 cm³/mol. The molecular formula is C13H9BF5O-. The standard InChI is InChI=1S/C13H9BF5O/c15-10-5-6-12(16)9(7-10)8-20-13-4-2-1-3-11(13)14(17,18)19/h1-7H,8H2/q-1. The van der Waals surface area contributed by atoms with Crippen molar-refractivity contribution in [2.24, 2.45) is 0 Å². The van der Waals surface area contributed by atoms with Crippen molar-refractivity contribution in [3.8, 4) is 5.75 Å². The summed E-state index contributed by atoms with van der Waals surface area (Å²) in [4.78, 5) is 0. The molecule has 0 N–H and O–H groups in total. The van der Waals surface area contributed by atoms with E-state index in [-0.39, 0.29) is 5.56 Å². The second-order valence-corrected chi connectivity index (χ2v) is 4.14. The van der Waals surface area contributed by atoms with Crippen LogP contribution in [0.15, 0.2) is 42.5 Å². The molecule has 2 aromatic carbocycles. The Kier molecular flexibility index (Phi) is 3.97. The number of hydrogen-bond donors (Lipinski definition) is 0. The maximum absolute atomic E-state index is 13.3. The lowest BCUT2D eigenvalue weighted by Crippen LogP contribution is -2.35. The van der Waals surface area contributed by atoms with Gasteiger partial charge in [0.15, 0.2) is 0 Å². The van der Waals surface area contributed by atoms with E-state index in [1.54, 1.807) is 0 Å². The molecule has 0 aromatic heterocycles. The average Bonchev–Trinajstić information content (AvgIpc) is 2.39. The monoisotopic (exact) mass is 287 g/mol. The average molecular weight is 287 g/mol. The van der Waals surface area contributed by atoms with Gasteiger partial charge in [-0.15, -0.1) is 0 Å². The van der Waals surface area contributed by atoms with Gasteiger partial charge in [0.2, 0.25) is 0 Å². The molecular weight excluding hydrogens is 278 g/mol. The van der Waals surface area contributed by atoms with Crippen LogP contribution in [0.25, 0.3) is 0 Å². The zero-order chi connectivity index (χ0) is 14.8.